The van der Waals surface area contributed by atoms with Crippen molar-refractivity contribution < 1.29 is 9.90 Å². The molecule has 0 unspecified atom stereocenters. The van der Waals surface area contributed by atoms with Crippen LogP contribution in [0.25, 0.3) is 55.4 Å². The Morgan fingerprint density at radius 3 is 2.79 bits per heavy atom. The standard InChI is InChI=1S/C23H15N7O2S/c1-11(31)17-4-5-18(33-17)14-6-7-25-22-19(14)27-23(28-22)21-20-16(29-30-21)3-2-15(26-20)12-8-13(32)10-24-9-12/h2-10,32H,1H3,(H,29,30)(H,25,27,28). The summed E-state index contributed by atoms with van der Waals surface area (Å²) in [5, 5.41) is 17.2. The van der Waals surface area contributed by atoms with Gasteiger partial charge in [0, 0.05) is 28.4 Å². The maximum atomic E-state index is 11.7. The number of hydrogen-bond acceptors (Lipinski definition) is 8. The number of thiophene rings is 1. The van der Waals surface area contributed by atoms with Crippen LogP contribution in [0.2, 0.25) is 0 Å². The van der Waals surface area contributed by atoms with Crippen LogP contribution < -0.4 is 0 Å². The molecule has 0 aromatic carbocycles. The molecule has 0 bridgehead atoms. The number of rotatable bonds is 4. The third-order valence-electron chi connectivity index (χ3n) is 5.25. The van der Waals surface area contributed by atoms with Gasteiger partial charge >= 0.3 is 0 Å². The van der Waals surface area contributed by atoms with Crippen molar-refractivity contribution in [3.05, 3.63) is 59.9 Å². The van der Waals surface area contributed by atoms with E-state index >= 15 is 0 Å². The van der Waals surface area contributed by atoms with Crippen molar-refractivity contribution >= 4 is 39.3 Å². The van der Waals surface area contributed by atoms with E-state index in [1.54, 1.807) is 25.4 Å². The molecule has 9 nitrogen and oxygen atoms in total. The highest BCUT2D eigenvalue weighted by Gasteiger charge is 2.18. The largest absolute Gasteiger partial charge is 0.506 e. The summed E-state index contributed by atoms with van der Waals surface area (Å²) >= 11 is 1.43. The van der Waals surface area contributed by atoms with Crippen molar-refractivity contribution in [1.82, 2.24) is 35.1 Å². The number of hydrogen-bond donors (Lipinski definition) is 3. The van der Waals surface area contributed by atoms with Gasteiger partial charge in [0.1, 0.15) is 16.8 Å². The van der Waals surface area contributed by atoms with E-state index in [0.717, 1.165) is 16.0 Å². The first kappa shape index (κ1) is 19.3. The maximum absolute atomic E-state index is 11.7. The lowest BCUT2D eigenvalue weighted by Crippen LogP contribution is -1.87. The fourth-order valence-corrected chi connectivity index (χ4v) is 4.61. The summed E-state index contributed by atoms with van der Waals surface area (Å²) in [6.07, 6.45) is 4.72. The molecule has 10 heteroatoms. The molecule has 0 spiro atoms. The van der Waals surface area contributed by atoms with Crippen LogP contribution in [0.4, 0.5) is 0 Å². The van der Waals surface area contributed by atoms with Gasteiger partial charge in [-0.1, -0.05) is 0 Å². The van der Waals surface area contributed by atoms with Crippen molar-refractivity contribution in [2.45, 2.75) is 6.92 Å². The molecule has 0 atom stereocenters. The topological polar surface area (TPSA) is 133 Å². The highest BCUT2D eigenvalue weighted by atomic mass is 32.1. The van der Waals surface area contributed by atoms with E-state index < -0.39 is 0 Å². The number of fused-ring (bicyclic) bond motifs is 2. The molecule has 6 aromatic rings. The lowest BCUT2D eigenvalue weighted by Gasteiger charge is -2.01. The molecule has 0 amide bonds. The molecule has 160 valence electrons. The van der Waals surface area contributed by atoms with Crippen molar-refractivity contribution in [3.8, 4) is 39.0 Å². The number of aromatic nitrogens is 7. The maximum Gasteiger partial charge on any atom is 0.169 e. The lowest BCUT2D eigenvalue weighted by molar-refractivity contribution is 0.102. The molecule has 33 heavy (non-hydrogen) atoms. The number of nitrogens with zero attached hydrogens (tertiary/aromatic N) is 5. The Morgan fingerprint density at radius 2 is 1.97 bits per heavy atom. The number of Topliss-reactive ketones (excluding diaryl/α,β-unsaturated/α-hetero) is 1. The van der Waals surface area contributed by atoms with E-state index in [1.165, 1.54) is 17.5 Å². The highest BCUT2D eigenvalue weighted by molar-refractivity contribution is 7.17. The van der Waals surface area contributed by atoms with Gasteiger partial charge in [-0.3, -0.25) is 14.9 Å². The summed E-state index contributed by atoms with van der Waals surface area (Å²) in [7, 11) is 0. The van der Waals surface area contributed by atoms with Gasteiger partial charge < -0.3 is 10.1 Å². The molecule has 0 saturated heterocycles. The quantitative estimate of drug-likeness (QED) is 0.332. The van der Waals surface area contributed by atoms with Crippen LogP contribution in [0.1, 0.15) is 16.6 Å². The first-order valence-corrected chi connectivity index (χ1v) is 10.8. The Kier molecular flexibility index (Phi) is 4.27. The van der Waals surface area contributed by atoms with Crippen LogP contribution in [0.5, 0.6) is 5.75 Å². The summed E-state index contributed by atoms with van der Waals surface area (Å²) in [5.74, 6) is 0.628. The fraction of sp³-hybridized carbons (Fsp3) is 0.0435. The number of ketones is 1. The molecule has 6 rings (SSSR count). The number of imidazole rings is 1. The number of nitrogens with one attached hydrogen (secondary N) is 2. The van der Waals surface area contributed by atoms with Crippen LogP contribution in [0.3, 0.4) is 0 Å². The average molecular weight is 453 g/mol. The van der Waals surface area contributed by atoms with Gasteiger partial charge in [-0.15, -0.1) is 11.3 Å². The minimum atomic E-state index is 0.0334. The molecular formula is C23H15N7O2S. The highest BCUT2D eigenvalue weighted by Crippen LogP contribution is 2.34. The number of aromatic amines is 2. The molecule has 0 aliphatic carbocycles. The summed E-state index contributed by atoms with van der Waals surface area (Å²) in [6.45, 7) is 1.56. The molecular weight excluding hydrogens is 438 g/mol. The third-order valence-corrected chi connectivity index (χ3v) is 6.47. The van der Waals surface area contributed by atoms with Crippen LogP contribution in [-0.2, 0) is 0 Å². The van der Waals surface area contributed by atoms with Crippen molar-refractivity contribution in [2.24, 2.45) is 0 Å². The number of carbonyl (C=O) groups is 1. The Balaban J connectivity index is 1.48. The summed E-state index contributed by atoms with van der Waals surface area (Å²) < 4.78 is 0. The normalized spacial score (nSPS) is 11.4. The first-order valence-electron chi connectivity index (χ1n) is 10.0. The molecule has 6 aromatic heterocycles. The number of H-pyrrole nitrogens is 2. The van der Waals surface area contributed by atoms with E-state index in [2.05, 4.69) is 25.1 Å². The Hall–Kier alpha value is -4.44. The van der Waals surface area contributed by atoms with Crippen LogP contribution >= 0.6 is 11.3 Å². The minimum Gasteiger partial charge on any atom is -0.506 e. The van der Waals surface area contributed by atoms with Gasteiger partial charge in [0.2, 0.25) is 0 Å². The number of carbonyl (C=O) groups excluding carboxylic acids is 1. The first-order chi connectivity index (χ1) is 16.1. The molecule has 6 heterocycles. The molecule has 3 N–H and O–H groups in total. The number of pyridine rings is 3. The molecule has 0 aliphatic heterocycles. The van der Waals surface area contributed by atoms with Crippen molar-refractivity contribution in [2.75, 3.05) is 0 Å². The average Bonchev–Trinajstić information content (AvgIpc) is 3.55. The molecule has 0 aliphatic rings. The van der Waals surface area contributed by atoms with Crippen LogP contribution in [-0.4, -0.2) is 46.0 Å². The van der Waals surface area contributed by atoms with E-state index in [0.29, 0.717) is 44.3 Å². The van der Waals surface area contributed by atoms with Gasteiger partial charge in [-0.05, 0) is 43.3 Å². The SMILES string of the molecule is CC(=O)c1ccc(-c2ccnc3[nH]c(-c4n[nH]c5ccc(-c6cncc(O)c6)nc45)nc23)s1. The summed E-state index contributed by atoms with van der Waals surface area (Å²) in [5.41, 5.74) is 5.47. The smallest absolute Gasteiger partial charge is 0.169 e. The van der Waals surface area contributed by atoms with Crippen LogP contribution in [0, 0.1) is 0 Å². The van der Waals surface area contributed by atoms with Gasteiger partial charge in [-0.2, -0.15) is 5.10 Å². The summed E-state index contributed by atoms with van der Waals surface area (Å²) in [6, 6.07) is 10.9. The van der Waals surface area contributed by atoms with Crippen LogP contribution in [0.15, 0.2) is 55.0 Å². The molecule has 0 saturated carbocycles. The summed E-state index contributed by atoms with van der Waals surface area (Å²) in [4.78, 5) is 34.6. The van der Waals surface area contributed by atoms with E-state index in [1.807, 2.05) is 30.3 Å². The number of aromatic hydroxyl groups is 1. The van der Waals surface area contributed by atoms with Crippen molar-refractivity contribution in [3.63, 3.8) is 0 Å². The third kappa shape index (κ3) is 3.24. The van der Waals surface area contributed by atoms with Gasteiger partial charge in [0.25, 0.3) is 0 Å². The predicted molar refractivity (Wildman–Crippen MR) is 125 cm³/mol. The Bertz CT molecular complexity index is 1680. The minimum absolute atomic E-state index is 0.0334. The zero-order valence-corrected chi connectivity index (χ0v) is 18.0. The van der Waals surface area contributed by atoms with Gasteiger partial charge in [0.15, 0.2) is 22.9 Å². The zero-order chi connectivity index (χ0) is 22.5. The van der Waals surface area contributed by atoms with E-state index in [9.17, 15) is 9.90 Å². The Morgan fingerprint density at radius 1 is 1.06 bits per heavy atom. The zero-order valence-electron chi connectivity index (χ0n) is 17.2. The second-order valence-electron chi connectivity index (χ2n) is 7.46. The molecule has 0 fully saturated rings. The second kappa shape index (κ2) is 7.31. The van der Waals surface area contributed by atoms with Gasteiger partial charge in [0.05, 0.1) is 22.3 Å². The van der Waals surface area contributed by atoms with Gasteiger partial charge in [-0.25, -0.2) is 15.0 Å². The Labute approximate surface area is 190 Å². The van der Waals surface area contributed by atoms with Crippen molar-refractivity contribution in [1.29, 1.82) is 0 Å². The molecule has 0 radical (unpaired) electrons. The fourth-order valence-electron chi connectivity index (χ4n) is 3.69. The second-order valence-corrected chi connectivity index (χ2v) is 8.54. The monoisotopic (exact) mass is 453 g/mol. The van der Waals surface area contributed by atoms with E-state index in [4.69, 9.17) is 9.97 Å². The predicted octanol–water partition coefficient (Wildman–Crippen LogP) is 4.59. The van der Waals surface area contributed by atoms with E-state index in [-0.39, 0.29) is 11.5 Å². The lowest BCUT2D eigenvalue weighted by atomic mass is 10.1.